The molecule has 1 atom stereocenters. The van der Waals surface area contributed by atoms with Crippen molar-refractivity contribution in [2.75, 3.05) is 20.1 Å². The van der Waals surface area contributed by atoms with E-state index < -0.39 is 0 Å². The molecule has 0 spiro atoms. The maximum absolute atomic E-state index is 5.81. The van der Waals surface area contributed by atoms with Gasteiger partial charge < -0.3 is 9.64 Å². The average Bonchev–Trinajstić information content (AvgIpc) is 2.24. The first-order chi connectivity index (χ1) is 7.65. The van der Waals surface area contributed by atoms with E-state index in [1.54, 1.807) is 0 Å². The summed E-state index contributed by atoms with van der Waals surface area (Å²) in [6.45, 7) is 3.99. The van der Waals surface area contributed by atoms with Crippen LogP contribution in [0.1, 0.15) is 18.4 Å². The third-order valence-electron chi connectivity index (χ3n) is 2.77. The fourth-order valence-electron chi connectivity index (χ4n) is 1.89. The van der Waals surface area contributed by atoms with Crippen molar-refractivity contribution >= 4 is 11.6 Å². The van der Waals surface area contributed by atoms with Crippen molar-refractivity contribution in [3.63, 3.8) is 0 Å². The van der Waals surface area contributed by atoms with Crippen molar-refractivity contribution < 1.29 is 4.74 Å². The maximum Gasteiger partial charge on any atom is 0.234 e. The maximum atomic E-state index is 5.81. The topological polar surface area (TPSA) is 38.2 Å². The molecule has 0 aliphatic carbocycles. The molecule has 4 nitrogen and oxygen atoms in total. The van der Waals surface area contributed by atoms with Crippen molar-refractivity contribution in [1.29, 1.82) is 0 Å². The zero-order valence-corrected chi connectivity index (χ0v) is 10.4. The number of likely N-dealkylation sites (tertiary alicyclic amines) is 1. The van der Waals surface area contributed by atoms with Crippen LogP contribution in [0.15, 0.2) is 6.07 Å². The van der Waals surface area contributed by atoms with E-state index in [0.29, 0.717) is 11.0 Å². The molecular weight excluding hydrogens is 226 g/mol. The summed E-state index contributed by atoms with van der Waals surface area (Å²) < 4.78 is 5.79. The van der Waals surface area contributed by atoms with Gasteiger partial charge in [-0.3, -0.25) is 0 Å². The van der Waals surface area contributed by atoms with Gasteiger partial charge in [0.15, 0.2) is 5.15 Å². The van der Waals surface area contributed by atoms with E-state index in [1.807, 2.05) is 13.0 Å². The van der Waals surface area contributed by atoms with E-state index in [1.165, 1.54) is 6.42 Å². The fraction of sp³-hybridized carbons (Fsp3) is 0.636. The predicted molar refractivity (Wildman–Crippen MR) is 62.9 cm³/mol. The van der Waals surface area contributed by atoms with E-state index in [9.17, 15) is 0 Å². The lowest BCUT2D eigenvalue weighted by molar-refractivity contribution is 0.0990. The Labute approximate surface area is 101 Å². The highest BCUT2D eigenvalue weighted by Gasteiger charge is 2.19. The summed E-state index contributed by atoms with van der Waals surface area (Å²) >= 11 is 5.81. The largest absolute Gasteiger partial charge is 0.472 e. The van der Waals surface area contributed by atoms with Crippen LogP contribution in [0.5, 0.6) is 5.88 Å². The summed E-state index contributed by atoms with van der Waals surface area (Å²) in [7, 11) is 2.11. The standard InChI is InChI=1S/C11H16ClN3O/c1-8-6-10(13-14-11(8)12)16-9-4-3-5-15(2)7-9/h6,9H,3-5,7H2,1-2H3. The SMILES string of the molecule is Cc1cc(OC2CCCN(C)C2)nnc1Cl. The molecule has 1 fully saturated rings. The molecule has 1 aliphatic heterocycles. The Morgan fingerprint density at radius 1 is 1.50 bits per heavy atom. The molecule has 1 saturated heterocycles. The van der Waals surface area contributed by atoms with Crippen molar-refractivity contribution in [1.82, 2.24) is 15.1 Å². The van der Waals surface area contributed by atoms with Gasteiger partial charge in [-0.15, -0.1) is 10.2 Å². The number of aromatic nitrogens is 2. The van der Waals surface area contributed by atoms with E-state index in [2.05, 4.69) is 22.1 Å². The monoisotopic (exact) mass is 241 g/mol. The molecule has 1 aliphatic rings. The molecule has 2 heterocycles. The van der Waals surface area contributed by atoms with Crippen LogP contribution in [-0.2, 0) is 0 Å². The van der Waals surface area contributed by atoms with Gasteiger partial charge >= 0.3 is 0 Å². The fourth-order valence-corrected chi connectivity index (χ4v) is 1.98. The van der Waals surface area contributed by atoms with Crippen molar-refractivity contribution in [2.45, 2.75) is 25.9 Å². The molecule has 0 radical (unpaired) electrons. The van der Waals surface area contributed by atoms with Crippen LogP contribution in [-0.4, -0.2) is 41.3 Å². The molecule has 0 N–H and O–H groups in total. The minimum atomic E-state index is 0.216. The molecule has 5 heteroatoms. The van der Waals surface area contributed by atoms with E-state index >= 15 is 0 Å². The van der Waals surface area contributed by atoms with Crippen LogP contribution in [0.3, 0.4) is 0 Å². The normalized spacial score (nSPS) is 22.1. The van der Waals surface area contributed by atoms with Gasteiger partial charge in [-0.1, -0.05) is 11.6 Å². The first kappa shape index (κ1) is 11.6. The highest BCUT2D eigenvalue weighted by molar-refractivity contribution is 6.30. The summed E-state index contributed by atoms with van der Waals surface area (Å²) in [6.07, 6.45) is 2.46. The molecule has 88 valence electrons. The van der Waals surface area contributed by atoms with Crippen molar-refractivity contribution in [3.05, 3.63) is 16.8 Å². The van der Waals surface area contributed by atoms with Gasteiger partial charge in [-0.05, 0) is 38.9 Å². The zero-order valence-electron chi connectivity index (χ0n) is 9.61. The summed E-state index contributed by atoms with van der Waals surface area (Å²) in [5.41, 5.74) is 0.899. The molecule has 2 rings (SSSR count). The van der Waals surface area contributed by atoms with Crippen molar-refractivity contribution in [3.8, 4) is 5.88 Å². The lowest BCUT2D eigenvalue weighted by atomic mass is 10.1. The number of ether oxygens (including phenoxy) is 1. The van der Waals surface area contributed by atoms with Gasteiger partial charge in [-0.2, -0.15) is 0 Å². The Hall–Kier alpha value is -0.870. The Balaban J connectivity index is 2.00. The number of likely N-dealkylation sites (N-methyl/N-ethyl adjacent to an activating group) is 1. The number of hydrogen-bond donors (Lipinski definition) is 0. The zero-order chi connectivity index (χ0) is 11.5. The van der Waals surface area contributed by atoms with Gasteiger partial charge in [0.05, 0.1) is 0 Å². The summed E-state index contributed by atoms with van der Waals surface area (Å²) in [6, 6.07) is 1.84. The van der Waals surface area contributed by atoms with E-state index in [4.69, 9.17) is 16.3 Å². The number of rotatable bonds is 2. The highest BCUT2D eigenvalue weighted by atomic mass is 35.5. The van der Waals surface area contributed by atoms with Gasteiger partial charge in [0.25, 0.3) is 0 Å². The molecule has 0 aromatic carbocycles. The van der Waals surface area contributed by atoms with Crippen LogP contribution >= 0.6 is 11.6 Å². The van der Waals surface area contributed by atoms with Crippen LogP contribution in [0, 0.1) is 6.92 Å². The number of piperidine rings is 1. The van der Waals surface area contributed by atoms with Gasteiger partial charge in [0.2, 0.25) is 5.88 Å². The quantitative estimate of drug-likeness (QED) is 0.793. The predicted octanol–water partition coefficient (Wildman–Crippen LogP) is 1.91. The number of nitrogens with zero attached hydrogens (tertiary/aromatic N) is 3. The smallest absolute Gasteiger partial charge is 0.234 e. The molecule has 0 bridgehead atoms. The molecule has 16 heavy (non-hydrogen) atoms. The lowest BCUT2D eigenvalue weighted by Crippen LogP contribution is -2.38. The second kappa shape index (κ2) is 4.97. The van der Waals surface area contributed by atoms with E-state index in [-0.39, 0.29) is 6.10 Å². The number of hydrogen-bond acceptors (Lipinski definition) is 4. The average molecular weight is 242 g/mol. The Morgan fingerprint density at radius 2 is 2.31 bits per heavy atom. The van der Waals surface area contributed by atoms with Crippen molar-refractivity contribution in [2.24, 2.45) is 0 Å². The minimum absolute atomic E-state index is 0.216. The first-order valence-electron chi connectivity index (χ1n) is 5.50. The Kier molecular flexibility index (Phi) is 3.61. The second-order valence-corrected chi connectivity index (χ2v) is 4.66. The highest BCUT2D eigenvalue weighted by Crippen LogP contribution is 2.19. The molecule has 1 aromatic heterocycles. The van der Waals surface area contributed by atoms with Crippen LogP contribution in [0.2, 0.25) is 5.15 Å². The second-order valence-electron chi connectivity index (χ2n) is 4.30. The Morgan fingerprint density at radius 3 is 3.00 bits per heavy atom. The molecule has 1 aromatic rings. The van der Waals surface area contributed by atoms with Crippen LogP contribution < -0.4 is 4.74 Å². The molecule has 1 unspecified atom stereocenters. The van der Waals surface area contributed by atoms with Crippen LogP contribution in [0.4, 0.5) is 0 Å². The lowest BCUT2D eigenvalue weighted by Gasteiger charge is -2.29. The Bertz CT molecular complexity index is 372. The summed E-state index contributed by atoms with van der Waals surface area (Å²) in [5.74, 6) is 0.571. The molecule has 0 amide bonds. The van der Waals surface area contributed by atoms with Gasteiger partial charge in [0, 0.05) is 12.6 Å². The van der Waals surface area contributed by atoms with Crippen LogP contribution in [0.25, 0.3) is 0 Å². The summed E-state index contributed by atoms with van der Waals surface area (Å²) in [5, 5.41) is 8.21. The number of halogens is 1. The number of aryl methyl sites for hydroxylation is 1. The molecule has 0 saturated carbocycles. The summed E-state index contributed by atoms with van der Waals surface area (Å²) in [4.78, 5) is 2.27. The minimum Gasteiger partial charge on any atom is -0.472 e. The van der Waals surface area contributed by atoms with Gasteiger partial charge in [0.1, 0.15) is 6.10 Å². The molecular formula is C11H16ClN3O. The van der Waals surface area contributed by atoms with Gasteiger partial charge in [-0.25, -0.2) is 0 Å². The first-order valence-corrected chi connectivity index (χ1v) is 5.88. The third kappa shape index (κ3) is 2.83. The van der Waals surface area contributed by atoms with E-state index in [0.717, 1.165) is 25.1 Å². The third-order valence-corrected chi connectivity index (χ3v) is 3.14.